The zero-order valence-electron chi connectivity index (χ0n) is 18.0. The monoisotopic (exact) mass is 554 g/mol. The second-order valence-corrected chi connectivity index (χ2v) is 8.35. The number of ether oxygens (including phenoxy) is 1. The van der Waals surface area contributed by atoms with Gasteiger partial charge in [-0.2, -0.15) is 0 Å². The number of aliphatic imine (C=N–C) groups is 1. The Labute approximate surface area is 206 Å². The fraction of sp³-hybridized carbons (Fsp3) is 0.391. The highest BCUT2D eigenvalue weighted by molar-refractivity contribution is 14.0. The predicted octanol–water partition coefficient (Wildman–Crippen LogP) is 4.33. The highest BCUT2D eigenvalue weighted by atomic mass is 127. The van der Waals surface area contributed by atoms with Crippen LogP contribution in [0.1, 0.15) is 13.3 Å². The number of hydrogen-bond acceptors (Lipinski definition) is 4. The minimum Gasteiger partial charge on any atom is -0.492 e. The minimum atomic E-state index is -0.0938. The molecule has 2 N–H and O–H groups in total. The standard InChI is InChI=1S/C23H30N4O2S.HI/c1-18(28)26-20-7-6-8-21(15-20)29-14-12-25-23(24-2)27-13-11-19(16-27)17-30-22-9-4-3-5-10-22;/h3-10,15,19H,11-14,16-17H2,1-2H3,(H,24,25)(H,26,28);1H. The zero-order valence-corrected chi connectivity index (χ0v) is 21.2. The van der Waals surface area contributed by atoms with Crippen molar-refractivity contribution >= 4 is 53.3 Å². The van der Waals surface area contributed by atoms with Crippen LogP contribution in [0.4, 0.5) is 5.69 Å². The van der Waals surface area contributed by atoms with Gasteiger partial charge in [0.1, 0.15) is 12.4 Å². The van der Waals surface area contributed by atoms with Crippen molar-refractivity contribution in [1.82, 2.24) is 10.2 Å². The molecule has 8 heteroatoms. The summed E-state index contributed by atoms with van der Waals surface area (Å²) in [6.07, 6.45) is 1.19. The molecule has 1 fully saturated rings. The maximum Gasteiger partial charge on any atom is 0.221 e. The van der Waals surface area contributed by atoms with Gasteiger partial charge in [-0.3, -0.25) is 9.79 Å². The number of hydrogen-bond donors (Lipinski definition) is 2. The molecule has 1 heterocycles. The van der Waals surface area contributed by atoms with E-state index in [0.29, 0.717) is 19.1 Å². The average Bonchev–Trinajstić information content (AvgIpc) is 3.22. The number of likely N-dealkylation sites (tertiary alicyclic amines) is 1. The van der Waals surface area contributed by atoms with Gasteiger partial charge in [-0.25, -0.2) is 0 Å². The molecule has 1 unspecified atom stereocenters. The van der Waals surface area contributed by atoms with Crippen LogP contribution in [0.2, 0.25) is 0 Å². The fourth-order valence-corrected chi connectivity index (χ4v) is 4.47. The molecule has 168 valence electrons. The van der Waals surface area contributed by atoms with E-state index in [1.54, 1.807) is 0 Å². The number of guanidine groups is 1. The lowest BCUT2D eigenvalue weighted by atomic mass is 10.2. The molecule has 1 amide bonds. The molecule has 1 atom stereocenters. The summed E-state index contributed by atoms with van der Waals surface area (Å²) in [5, 5.41) is 6.16. The van der Waals surface area contributed by atoms with Gasteiger partial charge in [0, 0.05) is 49.5 Å². The number of benzene rings is 2. The molecule has 0 aromatic heterocycles. The quantitative estimate of drug-likeness (QED) is 0.167. The summed E-state index contributed by atoms with van der Waals surface area (Å²) in [6, 6.07) is 18.0. The predicted molar refractivity (Wildman–Crippen MR) is 140 cm³/mol. The number of anilines is 1. The number of thioether (sulfide) groups is 1. The molecule has 1 aliphatic rings. The Bertz CT molecular complexity index is 850. The minimum absolute atomic E-state index is 0. The number of halogens is 1. The van der Waals surface area contributed by atoms with Gasteiger partial charge >= 0.3 is 0 Å². The topological polar surface area (TPSA) is 66.0 Å². The molecule has 2 aromatic rings. The summed E-state index contributed by atoms with van der Waals surface area (Å²) in [5.74, 6) is 3.37. The van der Waals surface area contributed by atoms with Crippen LogP contribution in [-0.4, -0.2) is 55.8 Å². The first-order chi connectivity index (χ1) is 14.6. The first kappa shape index (κ1) is 25.3. The fourth-order valence-electron chi connectivity index (χ4n) is 3.42. The van der Waals surface area contributed by atoms with Crippen LogP contribution < -0.4 is 15.4 Å². The lowest BCUT2D eigenvalue weighted by Gasteiger charge is -2.21. The molecule has 0 saturated carbocycles. The van der Waals surface area contributed by atoms with Crippen LogP contribution in [-0.2, 0) is 4.79 Å². The summed E-state index contributed by atoms with van der Waals surface area (Å²) in [6.45, 7) is 4.73. The van der Waals surface area contributed by atoms with Crippen molar-refractivity contribution in [3.8, 4) is 5.75 Å². The first-order valence-electron chi connectivity index (χ1n) is 10.3. The van der Waals surface area contributed by atoms with Crippen LogP contribution in [0, 0.1) is 5.92 Å². The molecule has 1 saturated heterocycles. The molecule has 0 spiro atoms. The molecule has 0 radical (unpaired) electrons. The van der Waals surface area contributed by atoms with Crippen LogP contribution in [0.5, 0.6) is 5.75 Å². The Kier molecular flexibility index (Phi) is 11.0. The number of amides is 1. The van der Waals surface area contributed by atoms with Crippen LogP contribution in [0.15, 0.2) is 64.5 Å². The Hall–Kier alpha value is -1.94. The van der Waals surface area contributed by atoms with E-state index in [9.17, 15) is 4.79 Å². The smallest absolute Gasteiger partial charge is 0.221 e. The summed E-state index contributed by atoms with van der Waals surface area (Å²) in [5.41, 5.74) is 0.736. The molecule has 3 rings (SSSR count). The van der Waals surface area contributed by atoms with E-state index in [1.807, 2.05) is 43.1 Å². The SMILES string of the molecule is CN=C(NCCOc1cccc(NC(C)=O)c1)N1CCC(CSc2ccccc2)C1.I. The van der Waals surface area contributed by atoms with E-state index in [4.69, 9.17) is 4.74 Å². The highest BCUT2D eigenvalue weighted by Crippen LogP contribution is 2.25. The second kappa shape index (κ2) is 13.5. The van der Waals surface area contributed by atoms with Gasteiger partial charge < -0.3 is 20.3 Å². The zero-order chi connectivity index (χ0) is 21.2. The molecule has 2 aromatic carbocycles. The molecule has 6 nitrogen and oxygen atoms in total. The van der Waals surface area contributed by atoms with Crippen molar-refractivity contribution in [1.29, 1.82) is 0 Å². The highest BCUT2D eigenvalue weighted by Gasteiger charge is 2.24. The normalized spacial score (nSPS) is 15.9. The van der Waals surface area contributed by atoms with Crippen LogP contribution >= 0.6 is 35.7 Å². The second-order valence-electron chi connectivity index (χ2n) is 7.26. The summed E-state index contributed by atoms with van der Waals surface area (Å²) >= 11 is 1.93. The third-order valence-corrected chi connectivity index (χ3v) is 6.08. The van der Waals surface area contributed by atoms with Crippen LogP contribution in [0.3, 0.4) is 0 Å². The largest absolute Gasteiger partial charge is 0.492 e. The molecule has 31 heavy (non-hydrogen) atoms. The number of nitrogens with one attached hydrogen (secondary N) is 2. The third kappa shape index (κ3) is 8.60. The van der Waals surface area contributed by atoms with E-state index < -0.39 is 0 Å². The van der Waals surface area contributed by atoms with E-state index >= 15 is 0 Å². The van der Waals surface area contributed by atoms with E-state index in [0.717, 1.165) is 36.2 Å². The van der Waals surface area contributed by atoms with Gasteiger partial charge in [-0.15, -0.1) is 35.7 Å². The maximum absolute atomic E-state index is 11.2. The van der Waals surface area contributed by atoms with E-state index in [2.05, 4.69) is 50.9 Å². The van der Waals surface area contributed by atoms with Gasteiger partial charge in [0.25, 0.3) is 0 Å². The Morgan fingerprint density at radius 2 is 2.03 bits per heavy atom. The number of carbonyl (C=O) groups is 1. The molecular formula is C23H31IN4O2S. The average molecular weight is 554 g/mol. The van der Waals surface area contributed by atoms with E-state index in [-0.39, 0.29) is 29.9 Å². The van der Waals surface area contributed by atoms with Gasteiger partial charge in [0.15, 0.2) is 5.96 Å². The lowest BCUT2D eigenvalue weighted by molar-refractivity contribution is -0.114. The van der Waals surface area contributed by atoms with Gasteiger partial charge in [0.2, 0.25) is 5.91 Å². The van der Waals surface area contributed by atoms with Crippen LogP contribution in [0.25, 0.3) is 0 Å². The maximum atomic E-state index is 11.2. The van der Waals surface area contributed by atoms with Crippen molar-refractivity contribution < 1.29 is 9.53 Å². The number of nitrogens with zero attached hydrogens (tertiary/aromatic N) is 2. The van der Waals surface area contributed by atoms with E-state index in [1.165, 1.54) is 18.2 Å². The van der Waals surface area contributed by atoms with Gasteiger partial charge in [0.05, 0.1) is 6.54 Å². The number of rotatable bonds is 8. The van der Waals surface area contributed by atoms with Crippen molar-refractivity contribution in [3.05, 3.63) is 54.6 Å². The Morgan fingerprint density at radius 1 is 1.23 bits per heavy atom. The van der Waals surface area contributed by atoms with Gasteiger partial charge in [-0.05, 0) is 36.6 Å². The first-order valence-corrected chi connectivity index (χ1v) is 11.3. The van der Waals surface area contributed by atoms with Gasteiger partial charge in [-0.1, -0.05) is 24.3 Å². The Morgan fingerprint density at radius 3 is 2.77 bits per heavy atom. The third-order valence-electron chi connectivity index (χ3n) is 4.83. The molecule has 0 bridgehead atoms. The summed E-state index contributed by atoms with van der Waals surface area (Å²) in [4.78, 5) is 19.3. The number of carbonyl (C=O) groups excluding carboxylic acids is 1. The van der Waals surface area contributed by atoms with Crippen molar-refractivity contribution in [2.75, 3.05) is 44.4 Å². The van der Waals surface area contributed by atoms with Crippen molar-refractivity contribution in [2.45, 2.75) is 18.2 Å². The molecule has 0 aliphatic carbocycles. The van der Waals surface area contributed by atoms with Crippen molar-refractivity contribution in [3.63, 3.8) is 0 Å². The lowest BCUT2D eigenvalue weighted by Crippen LogP contribution is -2.41. The Balaban J connectivity index is 0.00000341. The molecular weight excluding hydrogens is 523 g/mol. The summed E-state index contributed by atoms with van der Waals surface area (Å²) in [7, 11) is 1.83. The van der Waals surface area contributed by atoms with Crippen molar-refractivity contribution in [2.24, 2.45) is 10.9 Å². The summed E-state index contributed by atoms with van der Waals surface area (Å²) < 4.78 is 5.80. The molecule has 1 aliphatic heterocycles.